The minimum atomic E-state index is -0.221. The number of aromatic amines is 1. The van der Waals surface area contributed by atoms with E-state index in [1.54, 1.807) is 19.1 Å². The van der Waals surface area contributed by atoms with Gasteiger partial charge in [-0.1, -0.05) is 0 Å². The molecular formula is C9H14ClN3O2. The number of hydrogen-bond acceptors (Lipinski definition) is 4. The SMILES string of the molecule is COCC(Cl)CN(C)c1ncc[nH]c1=O. The van der Waals surface area contributed by atoms with Gasteiger partial charge < -0.3 is 14.6 Å². The smallest absolute Gasteiger partial charge is 0.290 e. The van der Waals surface area contributed by atoms with Crippen molar-refractivity contribution >= 4 is 17.4 Å². The van der Waals surface area contributed by atoms with E-state index in [-0.39, 0.29) is 10.9 Å². The van der Waals surface area contributed by atoms with Crippen LogP contribution in [-0.2, 0) is 4.74 Å². The first-order chi connectivity index (χ1) is 7.15. The number of halogens is 1. The molecule has 15 heavy (non-hydrogen) atoms. The van der Waals surface area contributed by atoms with Crippen LogP contribution in [0, 0.1) is 0 Å². The van der Waals surface area contributed by atoms with Gasteiger partial charge in [0.1, 0.15) is 0 Å². The Balaban J connectivity index is 2.65. The van der Waals surface area contributed by atoms with Crippen molar-refractivity contribution in [3.8, 4) is 0 Å². The van der Waals surface area contributed by atoms with E-state index in [2.05, 4.69) is 9.97 Å². The van der Waals surface area contributed by atoms with Crippen LogP contribution in [-0.4, -0.2) is 42.7 Å². The Bertz CT molecular complexity index is 355. The van der Waals surface area contributed by atoms with Gasteiger partial charge in [0.15, 0.2) is 5.82 Å². The van der Waals surface area contributed by atoms with Crippen molar-refractivity contribution in [3.05, 3.63) is 22.7 Å². The summed E-state index contributed by atoms with van der Waals surface area (Å²) in [6, 6.07) is 0. The molecule has 1 rings (SSSR count). The maximum absolute atomic E-state index is 11.4. The summed E-state index contributed by atoms with van der Waals surface area (Å²) in [5.41, 5.74) is -0.221. The molecule has 0 aliphatic rings. The molecule has 0 amide bonds. The Hall–Kier alpha value is -1.07. The van der Waals surface area contributed by atoms with E-state index in [4.69, 9.17) is 16.3 Å². The normalized spacial score (nSPS) is 12.5. The molecule has 0 fully saturated rings. The number of alkyl halides is 1. The molecule has 1 unspecified atom stereocenters. The van der Waals surface area contributed by atoms with Gasteiger partial charge in [0, 0.05) is 33.1 Å². The number of methoxy groups -OCH3 is 1. The number of nitrogens with one attached hydrogen (secondary N) is 1. The van der Waals surface area contributed by atoms with Crippen LogP contribution in [0.3, 0.4) is 0 Å². The van der Waals surface area contributed by atoms with E-state index in [0.717, 1.165) is 0 Å². The summed E-state index contributed by atoms with van der Waals surface area (Å²) in [6.07, 6.45) is 3.03. The molecule has 1 atom stereocenters. The minimum absolute atomic E-state index is 0.165. The number of hydrogen-bond donors (Lipinski definition) is 1. The first-order valence-electron chi connectivity index (χ1n) is 4.53. The van der Waals surface area contributed by atoms with Crippen molar-refractivity contribution in [2.45, 2.75) is 5.38 Å². The average molecular weight is 232 g/mol. The topological polar surface area (TPSA) is 58.2 Å². The summed E-state index contributed by atoms with van der Waals surface area (Å²) >= 11 is 5.97. The standard InChI is InChI=1S/C9H14ClN3O2/c1-13(5-7(10)6-15-2)8-9(14)12-4-3-11-8/h3-4,7H,5-6H2,1-2H3,(H,12,14). The highest BCUT2D eigenvalue weighted by atomic mass is 35.5. The number of H-pyrrole nitrogens is 1. The number of anilines is 1. The third kappa shape index (κ3) is 3.53. The Morgan fingerprint density at radius 3 is 3.07 bits per heavy atom. The molecule has 0 saturated heterocycles. The number of nitrogens with zero attached hydrogens (tertiary/aromatic N) is 2. The molecule has 84 valence electrons. The van der Waals surface area contributed by atoms with Gasteiger partial charge in [-0.25, -0.2) is 4.98 Å². The molecular weight excluding hydrogens is 218 g/mol. The monoisotopic (exact) mass is 231 g/mol. The van der Waals surface area contributed by atoms with E-state index >= 15 is 0 Å². The summed E-state index contributed by atoms with van der Waals surface area (Å²) in [5, 5.41) is -0.165. The summed E-state index contributed by atoms with van der Waals surface area (Å²) in [7, 11) is 3.35. The molecule has 1 heterocycles. The minimum Gasteiger partial charge on any atom is -0.383 e. The third-order valence-corrected chi connectivity index (χ3v) is 2.13. The molecule has 1 aromatic heterocycles. The molecule has 0 saturated carbocycles. The molecule has 1 aromatic rings. The number of rotatable bonds is 5. The molecule has 5 nitrogen and oxygen atoms in total. The van der Waals surface area contributed by atoms with E-state index in [9.17, 15) is 4.79 Å². The van der Waals surface area contributed by atoms with Crippen LogP contribution in [0.1, 0.15) is 0 Å². The van der Waals surface area contributed by atoms with Gasteiger partial charge in [-0.15, -0.1) is 11.6 Å². The number of aromatic nitrogens is 2. The zero-order valence-corrected chi connectivity index (χ0v) is 9.49. The van der Waals surface area contributed by atoms with Crippen molar-refractivity contribution < 1.29 is 4.74 Å². The van der Waals surface area contributed by atoms with Crippen LogP contribution in [0.15, 0.2) is 17.2 Å². The zero-order chi connectivity index (χ0) is 11.3. The fourth-order valence-corrected chi connectivity index (χ4v) is 1.57. The van der Waals surface area contributed by atoms with Crippen LogP contribution < -0.4 is 10.5 Å². The second-order valence-electron chi connectivity index (χ2n) is 3.18. The zero-order valence-electron chi connectivity index (χ0n) is 8.74. The predicted octanol–water partition coefficient (Wildman–Crippen LogP) is 0.460. The van der Waals surface area contributed by atoms with Crippen molar-refractivity contribution in [2.75, 3.05) is 32.2 Å². The average Bonchev–Trinajstić information content (AvgIpc) is 2.18. The Morgan fingerprint density at radius 1 is 1.73 bits per heavy atom. The highest BCUT2D eigenvalue weighted by molar-refractivity contribution is 6.21. The molecule has 1 N–H and O–H groups in total. The van der Waals surface area contributed by atoms with Crippen molar-refractivity contribution in [3.63, 3.8) is 0 Å². The molecule has 6 heteroatoms. The Labute approximate surface area is 93.0 Å². The first kappa shape index (κ1) is 12.0. The van der Waals surface area contributed by atoms with Crippen LogP contribution in [0.25, 0.3) is 0 Å². The lowest BCUT2D eigenvalue weighted by atomic mass is 10.4. The third-order valence-electron chi connectivity index (χ3n) is 1.87. The predicted molar refractivity (Wildman–Crippen MR) is 59.6 cm³/mol. The lowest BCUT2D eigenvalue weighted by Gasteiger charge is -2.19. The van der Waals surface area contributed by atoms with E-state index in [0.29, 0.717) is 19.0 Å². The highest BCUT2D eigenvalue weighted by Gasteiger charge is 2.11. The molecule has 0 spiro atoms. The molecule has 0 bridgehead atoms. The maximum atomic E-state index is 11.4. The second kappa shape index (κ2) is 5.72. The highest BCUT2D eigenvalue weighted by Crippen LogP contribution is 2.04. The van der Waals surface area contributed by atoms with Crippen LogP contribution in [0.4, 0.5) is 5.82 Å². The fraction of sp³-hybridized carbons (Fsp3) is 0.556. The van der Waals surface area contributed by atoms with Gasteiger partial charge in [-0.05, 0) is 0 Å². The molecule has 0 aromatic carbocycles. The van der Waals surface area contributed by atoms with Crippen LogP contribution in [0.5, 0.6) is 0 Å². The molecule has 0 aliphatic heterocycles. The van der Waals surface area contributed by atoms with E-state index in [1.165, 1.54) is 12.4 Å². The summed E-state index contributed by atoms with van der Waals surface area (Å²) in [5.74, 6) is 0.360. The van der Waals surface area contributed by atoms with E-state index in [1.807, 2.05) is 0 Å². The van der Waals surface area contributed by atoms with Crippen molar-refractivity contribution in [1.29, 1.82) is 0 Å². The van der Waals surface area contributed by atoms with Gasteiger partial charge in [0.2, 0.25) is 0 Å². The fourth-order valence-electron chi connectivity index (χ4n) is 1.23. The van der Waals surface area contributed by atoms with Gasteiger partial charge in [-0.2, -0.15) is 0 Å². The maximum Gasteiger partial charge on any atom is 0.290 e. The van der Waals surface area contributed by atoms with Crippen LogP contribution in [0.2, 0.25) is 0 Å². The van der Waals surface area contributed by atoms with Crippen LogP contribution >= 0.6 is 11.6 Å². The van der Waals surface area contributed by atoms with Gasteiger partial charge in [0.05, 0.1) is 12.0 Å². The second-order valence-corrected chi connectivity index (χ2v) is 3.79. The van der Waals surface area contributed by atoms with Gasteiger partial charge >= 0.3 is 0 Å². The first-order valence-corrected chi connectivity index (χ1v) is 4.96. The van der Waals surface area contributed by atoms with Crippen molar-refractivity contribution in [2.24, 2.45) is 0 Å². The largest absolute Gasteiger partial charge is 0.383 e. The Kier molecular flexibility index (Phi) is 4.58. The van der Waals surface area contributed by atoms with Gasteiger partial charge in [-0.3, -0.25) is 4.79 Å². The Morgan fingerprint density at radius 2 is 2.47 bits per heavy atom. The lowest BCUT2D eigenvalue weighted by molar-refractivity contribution is 0.199. The lowest BCUT2D eigenvalue weighted by Crippen LogP contribution is -2.33. The molecule has 0 aliphatic carbocycles. The van der Waals surface area contributed by atoms with Crippen molar-refractivity contribution in [1.82, 2.24) is 9.97 Å². The quantitative estimate of drug-likeness (QED) is 0.748. The van der Waals surface area contributed by atoms with Gasteiger partial charge in [0.25, 0.3) is 5.56 Å². The summed E-state index contributed by atoms with van der Waals surface area (Å²) < 4.78 is 4.91. The number of ether oxygens (including phenoxy) is 1. The van der Waals surface area contributed by atoms with E-state index < -0.39 is 0 Å². The summed E-state index contributed by atoms with van der Waals surface area (Å²) in [4.78, 5) is 19.6. The summed E-state index contributed by atoms with van der Waals surface area (Å²) in [6.45, 7) is 0.951. The molecule has 0 radical (unpaired) electrons.